The standard InChI is InChI=1S/C11H12FN/c1-2-8-13-9-7-10-5-3-4-6-11(10)12/h1,3-6,13H,7-9H2. The van der Waals surface area contributed by atoms with E-state index in [1.54, 1.807) is 12.1 Å². The van der Waals surface area contributed by atoms with Gasteiger partial charge in [0.05, 0.1) is 6.54 Å². The van der Waals surface area contributed by atoms with E-state index >= 15 is 0 Å². The van der Waals surface area contributed by atoms with Gasteiger partial charge in [0.1, 0.15) is 5.82 Å². The average molecular weight is 177 g/mol. The van der Waals surface area contributed by atoms with E-state index in [0.29, 0.717) is 19.5 Å². The molecule has 0 unspecified atom stereocenters. The lowest BCUT2D eigenvalue weighted by Gasteiger charge is -2.02. The summed E-state index contributed by atoms with van der Waals surface area (Å²) in [5.74, 6) is 2.32. The molecule has 0 heterocycles. The van der Waals surface area contributed by atoms with Crippen molar-refractivity contribution in [2.24, 2.45) is 0 Å². The lowest BCUT2D eigenvalue weighted by atomic mass is 10.1. The fourth-order valence-electron chi connectivity index (χ4n) is 1.08. The largest absolute Gasteiger partial charge is 0.306 e. The number of hydrogen-bond acceptors (Lipinski definition) is 1. The first-order chi connectivity index (χ1) is 6.34. The van der Waals surface area contributed by atoms with Crippen LogP contribution in [0.4, 0.5) is 4.39 Å². The Hall–Kier alpha value is -1.33. The average Bonchev–Trinajstić information content (AvgIpc) is 2.15. The summed E-state index contributed by atoms with van der Waals surface area (Å²) < 4.78 is 13.0. The Morgan fingerprint density at radius 2 is 2.15 bits per heavy atom. The van der Waals surface area contributed by atoms with Gasteiger partial charge >= 0.3 is 0 Å². The van der Waals surface area contributed by atoms with Crippen molar-refractivity contribution in [3.63, 3.8) is 0 Å². The van der Waals surface area contributed by atoms with Gasteiger partial charge in [0.2, 0.25) is 0 Å². The van der Waals surface area contributed by atoms with Crippen LogP contribution in [0.15, 0.2) is 24.3 Å². The highest BCUT2D eigenvalue weighted by Crippen LogP contribution is 2.05. The van der Waals surface area contributed by atoms with Crippen molar-refractivity contribution >= 4 is 0 Å². The lowest BCUT2D eigenvalue weighted by Crippen LogP contribution is -2.17. The van der Waals surface area contributed by atoms with E-state index in [2.05, 4.69) is 11.2 Å². The molecule has 0 aliphatic carbocycles. The van der Waals surface area contributed by atoms with Crippen molar-refractivity contribution in [2.45, 2.75) is 6.42 Å². The molecule has 0 saturated heterocycles. The summed E-state index contributed by atoms with van der Waals surface area (Å²) in [6, 6.07) is 6.77. The first kappa shape index (κ1) is 9.76. The Kier molecular flexibility index (Phi) is 4.01. The Labute approximate surface area is 78.0 Å². The molecular formula is C11H12FN. The molecule has 0 saturated carbocycles. The Balaban J connectivity index is 2.37. The van der Waals surface area contributed by atoms with Crippen LogP contribution in [0, 0.1) is 18.2 Å². The predicted molar refractivity (Wildman–Crippen MR) is 51.8 cm³/mol. The number of hydrogen-bond donors (Lipinski definition) is 1. The quantitative estimate of drug-likeness (QED) is 0.544. The zero-order valence-corrected chi connectivity index (χ0v) is 7.39. The highest BCUT2D eigenvalue weighted by atomic mass is 19.1. The van der Waals surface area contributed by atoms with E-state index in [4.69, 9.17) is 6.42 Å². The molecule has 0 amide bonds. The predicted octanol–water partition coefficient (Wildman–Crippen LogP) is 1.59. The maximum Gasteiger partial charge on any atom is 0.126 e. The van der Waals surface area contributed by atoms with Gasteiger partial charge in [0.25, 0.3) is 0 Å². The molecule has 1 aromatic carbocycles. The third kappa shape index (κ3) is 3.27. The van der Waals surface area contributed by atoms with Crippen molar-refractivity contribution in [1.29, 1.82) is 0 Å². The third-order valence-electron chi connectivity index (χ3n) is 1.76. The number of halogens is 1. The van der Waals surface area contributed by atoms with Crippen molar-refractivity contribution < 1.29 is 4.39 Å². The first-order valence-electron chi connectivity index (χ1n) is 4.22. The molecule has 1 nitrogen and oxygen atoms in total. The fourth-order valence-corrected chi connectivity index (χ4v) is 1.08. The van der Waals surface area contributed by atoms with E-state index in [-0.39, 0.29) is 5.82 Å². The van der Waals surface area contributed by atoms with E-state index in [9.17, 15) is 4.39 Å². The summed E-state index contributed by atoms with van der Waals surface area (Å²) in [5.41, 5.74) is 0.729. The van der Waals surface area contributed by atoms with E-state index in [1.807, 2.05) is 6.07 Å². The monoisotopic (exact) mass is 177 g/mol. The molecule has 0 fully saturated rings. The molecular weight excluding hydrogens is 165 g/mol. The Bertz CT molecular complexity index is 301. The third-order valence-corrected chi connectivity index (χ3v) is 1.76. The molecule has 0 aliphatic rings. The second-order valence-electron chi connectivity index (χ2n) is 2.72. The fraction of sp³-hybridized carbons (Fsp3) is 0.273. The first-order valence-corrected chi connectivity index (χ1v) is 4.22. The smallest absolute Gasteiger partial charge is 0.126 e. The lowest BCUT2D eigenvalue weighted by molar-refractivity contribution is 0.603. The molecule has 0 spiro atoms. The summed E-state index contributed by atoms with van der Waals surface area (Å²) in [6.45, 7) is 1.25. The molecule has 0 radical (unpaired) electrons. The molecule has 68 valence electrons. The maximum atomic E-state index is 13.0. The minimum absolute atomic E-state index is 0.148. The minimum atomic E-state index is -0.148. The van der Waals surface area contributed by atoms with Crippen molar-refractivity contribution in [3.05, 3.63) is 35.6 Å². The van der Waals surface area contributed by atoms with E-state index in [0.717, 1.165) is 5.56 Å². The summed E-state index contributed by atoms with van der Waals surface area (Å²) in [4.78, 5) is 0. The molecule has 1 rings (SSSR count). The van der Waals surface area contributed by atoms with Gasteiger partial charge in [0, 0.05) is 6.54 Å². The summed E-state index contributed by atoms with van der Waals surface area (Å²) in [6.07, 6.45) is 5.73. The highest BCUT2D eigenvalue weighted by molar-refractivity contribution is 5.17. The topological polar surface area (TPSA) is 12.0 Å². The van der Waals surface area contributed by atoms with Crippen LogP contribution in [0.1, 0.15) is 5.56 Å². The van der Waals surface area contributed by atoms with Gasteiger partial charge in [-0.25, -0.2) is 4.39 Å². The van der Waals surface area contributed by atoms with Crippen LogP contribution >= 0.6 is 0 Å². The van der Waals surface area contributed by atoms with Gasteiger partial charge < -0.3 is 5.32 Å². The van der Waals surface area contributed by atoms with E-state index in [1.165, 1.54) is 6.07 Å². The molecule has 0 aliphatic heterocycles. The van der Waals surface area contributed by atoms with Crippen LogP contribution in [-0.2, 0) is 6.42 Å². The molecule has 2 heteroatoms. The summed E-state index contributed by atoms with van der Waals surface area (Å²) in [7, 11) is 0. The van der Waals surface area contributed by atoms with Crippen LogP contribution in [0.2, 0.25) is 0 Å². The van der Waals surface area contributed by atoms with Crippen LogP contribution in [-0.4, -0.2) is 13.1 Å². The van der Waals surface area contributed by atoms with Gasteiger partial charge in [-0.1, -0.05) is 24.1 Å². The van der Waals surface area contributed by atoms with Gasteiger partial charge in [-0.05, 0) is 18.1 Å². The van der Waals surface area contributed by atoms with Gasteiger partial charge in [0.15, 0.2) is 0 Å². The van der Waals surface area contributed by atoms with Crippen molar-refractivity contribution in [3.8, 4) is 12.3 Å². The molecule has 1 N–H and O–H groups in total. The van der Waals surface area contributed by atoms with E-state index < -0.39 is 0 Å². The van der Waals surface area contributed by atoms with Crippen LogP contribution in [0.5, 0.6) is 0 Å². The maximum absolute atomic E-state index is 13.0. The molecule has 0 bridgehead atoms. The zero-order chi connectivity index (χ0) is 9.52. The highest BCUT2D eigenvalue weighted by Gasteiger charge is 1.98. The van der Waals surface area contributed by atoms with Crippen LogP contribution < -0.4 is 5.32 Å². The number of nitrogens with one attached hydrogen (secondary N) is 1. The van der Waals surface area contributed by atoms with Crippen molar-refractivity contribution in [2.75, 3.05) is 13.1 Å². The second kappa shape index (κ2) is 5.34. The van der Waals surface area contributed by atoms with Gasteiger partial charge in [-0.2, -0.15) is 0 Å². The number of benzene rings is 1. The number of rotatable bonds is 4. The Morgan fingerprint density at radius 3 is 2.85 bits per heavy atom. The molecule has 0 atom stereocenters. The minimum Gasteiger partial charge on any atom is -0.306 e. The van der Waals surface area contributed by atoms with Gasteiger partial charge in [-0.3, -0.25) is 0 Å². The van der Waals surface area contributed by atoms with Crippen LogP contribution in [0.25, 0.3) is 0 Å². The Morgan fingerprint density at radius 1 is 1.38 bits per heavy atom. The SMILES string of the molecule is C#CCNCCc1ccccc1F. The summed E-state index contributed by atoms with van der Waals surface area (Å²) >= 11 is 0. The zero-order valence-electron chi connectivity index (χ0n) is 7.39. The number of terminal acetylenes is 1. The van der Waals surface area contributed by atoms with Gasteiger partial charge in [-0.15, -0.1) is 6.42 Å². The molecule has 13 heavy (non-hydrogen) atoms. The molecule has 1 aromatic rings. The van der Waals surface area contributed by atoms with Crippen molar-refractivity contribution in [1.82, 2.24) is 5.32 Å². The normalized spacial score (nSPS) is 9.54. The summed E-state index contributed by atoms with van der Waals surface area (Å²) in [5, 5.41) is 3.01. The molecule has 0 aromatic heterocycles. The second-order valence-corrected chi connectivity index (χ2v) is 2.72. The van der Waals surface area contributed by atoms with Crippen LogP contribution in [0.3, 0.4) is 0 Å².